The second kappa shape index (κ2) is 5.54. The van der Waals surface area contributed by atoms with Crippen LogP contribution in [0.25, 0.3) is 0 Å². The Morgan fingerprint density at radius 1 is 1.32 bits per heavy atom. The van der Waals surface area contributed by atoms with Gasteiger partial charge in [-0.3, -0.25) is 0 Å². The molecule has 0 radical (unpaired) electrons. The van der Waals surface area contributed by atoms with Crippen molar-refractivity contribution in [3.8, 4) is 5.75 Å². The summed E-state index contributed by atoms with van der Waals surface area (Å²) in [5.74, 6) is 2.50. The van der Waals surface area contributed by atoms with Crippen LogP contribution in [0.2, 0.25) is 0 Å². The van der Waals surface area contributed by atoms with E-state index >= 15 is 0 Å². The Morgan fingerprint density at radius 3 is 2.68 bits per heavy atom. The molecule has 0 aromatic heterocycles. The van der Waals surface area contributed by atoms with Crippen LogP contribution in [-0.4, -0.2) is 18.2 Å². The molecule has 1 aromatic carbocycles. The van der Waals surface area contributed by atoms with Gasteiger partial charge in [-0.15, -0.1) is 0 Å². The predicted octanol–water partition coefficient (Wildman–Crippen LogP) is 3.97. The molecule has 0 bridgehead atoms. The minimum Gasteiger partial charge on any atom is -0.491 e. The van der Waals surface area contributed by atoms with Gasteiger partial charge in [-0.05, 0) is 77.1 Å². The van der Waals surface area contributed by atoms with Crippen LogP contribution in [0.15, 0.2) is 24.3 Å². The normalized spacial score (nSPS) is 22.6. The van der Waals surface area contributed by atoms with Crippen LogP contribution in [0.3, 0.4) is 0 Å². The average Bonchev–Trinajstić information content (AvgIpc) is 3.04. The van der Waals surface area contributed by atoms with Crippen LogP contribution < -0.4 is 10.1 Å². The Hall–Kier alpha value is -1.02. The van der Waals surface area contributed by atoms with Crippen LogP contribution in [0, 0.1) is 5.92 Å². The fourth-order valence-corrected chi connectivity index (χ4v) is 2.41. The van der Waals surface area contributed by atoms with Crippen LogP contribution in [0.1, 0.15) is 52.5 Å². The van der Waals surface area contributed by atoms with E-state index in [1.54, 1.807) is 0 Å². The van der Waals surface area contributed by atoms with Gasteiger partial charge in [0, 0.05) is 5.54 Å². The lowest BCUT2D eigenvalue weighted by atomic mass is 10.1. The first-order valence-electron chi connectivity index (χ1n) is 7.37. The Balaban J connectivity index is 1.90. The van der Waals surface area contributed by atoms with Gasteiger partial charge < -0.3 is 10.1 Å². The minimum atomic E-state index is 0.218. The third-order valence-electron chi connectivity index (χ3n) is 3.48. The molecule has 0 amide bonds. The largest absolute Gasteiger partial charge is 0.491 e. The fraction of sp³-hybridized carbons (Fsp3) is 0.647. The summed E-state index contributed by atoms with van der Waals surface area (Å²) in [4.78, 5) is 0. The molecule has 106 valence electrons. The molecule has 1 fully saturated rings. The summed E-state index contributed by atoms with van der Waals surface area (Å²) < 4.78 is 5.77. The smallest absolute Gasteiger partial charge is 0.119 e. The van der Waals surface area contributed by atoms with Crippen LogP contribution in [0.4, 0.5) is 0 Å². The van der Waals surface area contributed by atoms with E-state index in [1.165, 1.54) is 12.0 Å². The number of benzene rings is 1. The lowest BCUT2D eigenvalue weighted by molar-refractivity contribution is 0.242. The van der Waals surface area contributed by atoms with E-state index in [9.17, 15) is 0 Å². The molecule has 2 nitrogen and oxygen atoms in total. The molecule has 2 unspecified atom stereocenters. The van der Waals surface area contributed by atoms with Gasteiger partial charge in [0.1, 0.15) is 5.75 Å². The Labute approximate surface area is 117 Å². The number of hydrogen-bond acceptors (Lipinski definition) is 2. The van der Waals surface area contributed by atoms with Gasteiger partial charge >= 0.3 is 0 Å². The van der Waals surface area contributed by atoms with Gasteiger partial charge in [-0.2, -0.15) is 0 Å². The van der Waals surface area contributed by atoms with E-state index in [4.69, 9.17) is 4.74 Å². The van der Waals surface area contributed by atoms with Gasteiger partial charge in [0.25, 0.3) is 0 Å². The lowest BCUT2D eigenvalue weighted by Gasteiger charge is -2.20. The Kier molecular flexibility index (Phi) is 4.19. The van der Waals surface area contributed by atoms with Crippen molar-refractivity contribution in [1.29, 1.82) is 0 Å². The molecule has 0 spiro atoms. The quantitative estimate of drug-likeness (QED) is 0.866. The number of rotatable bonds is 5. The summed E-state index contributed by atoms with van der Waals surface area (Å²) in [5.41, 5.74) is 1.65. The van der Waals surface area contributed by atoms with E-state index in [0.717, 1.165) is 18.2 Å². The fourth-order valence-electron chi connectivity index (χ4n) is 2.41. The highest BCUT2D eigenvalue weighted by Crippen LogP contribution is 2.47. The van der Waals surface area contributed by atoms with Crippen LogP contribution in [0.5, 0.6) is 5.75 Å². The topological polar surface area (TPSA) is 21.3 Å². The van der Waals surface area contributed by atoms with Crippen molar-refractivity contribution < 1.29 is 4.74 Å². The SMILES string of the molecule is CC(C)Oc1cccc(C2CC2CNC(C)(C)C)c1. The van der Waals surface area contributed by atoms with Crippen LogP contribution >= 0.6 is 0 Å². The highest BCUT2D eigenvalue weighted by Gasteiger charge is 2.38. The average molecular weight is 261 g/mol. The second-order valence-corrected chi connectivity index (χ2v) is 6.97. The molecule has 0 saturated heterocycles. The molecular formula is C17H27NO. The van der Waals surface area contributed by atoms with E-state index in [1.807, 2.05) is 6.07 Å². The van der Waals surface area contributed by atoms with Crippen molar-refractivity contribution in [3.05, 3.63) is 29.8 Å². The van der Waals surface area contributed by atoms with E-state index in [-0.39, 0.29) is 11.6 Å². The zero-order valence-electron chi connectivity index (χ0n) is 12.9. The van der Waals surface area contributed by atoms with Crippen molar-refractivity contribution in [2.24, 2.45) is 5.92 Å². The summed E-state index contributed by atoms with van der Waals surface area (Å²) in [6.45, 7) is 11.9. The third kappa shape index (κ3) is 4.54. The van der Waals surface area contributed by atoms with Crippen LogP contribution in [-0.2, 0) is 0 Å². The van der Waals surface area contributed by atoms with E-state index in [0.29, 0.717) is 5.92 Å². The maximum Gasteiger partial charge on any atom is 0.119 e. The zero-order chi connectivity index (χ0) is 14.0. The monoisotopic (exact) mass is 261 g/mol. The first kappa shape index (κ1) is 14.4. The number of nitrogens with one attached hydrogen (secondary N) is 1. The molecule has 2 atom stereocenters. The summed E-state index contributed by atoms with van der Waals surface area (Å²) in [6.07, 6.45) is 1.54. The van der Waals surface area contributed by atoms with Crippen molar-refractivity contribution in [1.82, 2.24) is 5.32 Å². The predicted molar refractivity (Wildman–Crippen MR) is 80.8 cm³/mol. The highest BCUT2D eigenvalue weighted by molar-refractivity contribution is 5.34. The second-order valence-electron chi connectivity index (χ2n) is 6.97. The maximum absolute atomic E-state index is 5.77. The summed E-state index contributed by atoms with van der Waals surface area (Å²) in [6, 6.07) is 8.60. The molecule has 1 N–H and O–H groups in total. The summed E-state index contributed by atoms with van der Waals surface area (Å²) in [5, 5.41) is 3.60. The van der Waals surface area contributed by atoms with Crippen molar-refractivity contribution in [2.45, 2.75) is 58.6 Å². The van der Waals surface area contributed by atoms with Crippen molar-refractivity contribution in [3.63, 3.8) is 0 Å². The van der Waals surface area contributed by atoms with E-state index < -0.39 is 0 Å². The molecule has 2 rings (SSSR count). The molecule has 2 heteroatoms. The van der Waals surface area contributed by atoms with E-state index in [2.05, 4.69) is 58.1 Å². The van der Waals surface area contributed by atoms with Gasteiger partial charge in [0.15, 0.2) is 0 Å². The van der Waals surface area contributed by atoms with Crippen molar-refractivity contribution >= 4 is 0 Å². The molecule has 0 aliphatic heterocycles. The van der Waals surface area contributed by atoms with Gasteiger partial charge in [0.05, 0.1) is 6.10 Å². The number of hydrogen-bond donors (Lipinski definition) is 1. The van der Waals surface area contributed by atoms with Gasteiger partial charge in [-0.25, -0.2) is 0 Å². The first-order chi connectivity index (χ1) is 8.85. The summed E-state index contributed by atoms with van der Waals surface area (Å²) in [7, 11) is 0. The third-order valence-corrected chi connectivity index (χ3v) is 3.48. The summed E-state index contributed by atoms with van der Waals surface area (Å²) >= 11 is 0. The lowest BCUT2D eigenvalue weighted by Crippen LogP contribution is -2.37. The van der Waals surface area contributed by atoms with Crippen molar-refractivity contribution in [2.75, 3.05) is 6.54 Å². The highest BCUT2D eigenvalue weighted by atomic mass is 16.5. The first-order valence-corrected chi connectivity index (χ1v) is 7.37. The Bertz CT molecular complexity index is 420. The molecule has 1 aliphatic rings. The molecule has 1 aliphatic carbocycles. The molecular weight excluding hydrogens is 234 g/mol. The molecule has 0 heterocycles. The zero-order valence-corrected chi connectivity index (χ0v) is 12.9. The molecule has 1 aromatic rings. The molecule has 1 saturated carbocycles. The number of ether oxygens (including phenoxy) is 1. The van der Waals surface area contributed by atoms with Gasteiger partial charge in [0.2, 0.25) is 0 Å². The maximum atomic E-state index is 5.77. The van der Waals surface area contributed by atoms with Gasteiger partial charge in [-0.1, -0.05) is 12.1 Å². The minimum absolute atomic E-state index is 0.218. The standard InChI is InChI=1S/C17H27NO/c1-12(2)19-15-8-6-7-13(9-15)16-10-14(16)11-18-17(3,4)5/h6-9,12,14,16,18H,10-11H2,1-5H3. The Morgan fingerprint density at radius 2 is 2.05 bits per heavy atom. The molecule has 19 heavy (non-hydrogen) atoms.